The molecule has 6 N–H and O–H groups in total. The number of aliphatic hydroxyl groups is 2. The second-order valence-corrected chi connectivity index (χ2v) is 12.3. The van der Waals surface area contributed by atoms with Crippen molar-refractivity contribution < 1.29 is 33.3 Å². The van der Waals surface area contributed by atoms with Gasteiger partial charge in [0.05, 0.1) is 43.5 Å². The smallest absolute Gasteiger partial charge is 0.386 e. The van der Waals surface area contributed by atoms with E-state index in [4.69, 9.17) is 24.3 Å². The van der Waals surface area contributed by atoms with Crippen LogP contribution < -0.4 is 16.9 Å². The largest absolute Gasteiger partial charge is 0.394 e. The maximum atomic E-state index is 13.2. The topological polar surface area (TPSA) is 235 Å². The summed E-state index contributed by atoms with van der Waals surface area (Å²) in [7, 11) is 0. The summed E-state index contributed by atoms with van der Waals surface area (Å²) in [4.78, 5) is 41.4. The molecule has 2 aliphatic rings. The van der Waals surface area contributed by atoms with Crippen LogP contribution in [0, 0.1) is 0 Å². The first kappa shape index (κ1) is 27.1. The maximum absolute atomic E-state index is 13.2. The van der Waals surface area contributed by atoms with Gasteiger partial charge in [-0.15, -0.1) is 0 Å². The van der Waals surface area contributed by atoms with Crippen LogP contribution in [-0.2, 0) is 23.1 Å². The number of aromatic nitrogens is 7. The molecule has 7 atom stereocenters. The van der Waals surface area contributed by atoms with Crippen LogP contribution in [0.5, 0.6) is 0 Å². The molecule has 0 aliphatic carbocycles. The van der Waals surface area contributed by atoms with Gasteiger partial charge in [-0.3, -0.25) is 28.2 Å². The van der Waals surface area contributed by atoms with E-state index in [0.29, 0.717) is 11.0 Å². The molecule has 19 heteroatoms. The number of ether oxygens (including phenoxy) is 2. The molecule has 17 nitrogen and oxygen atoms in total. The number of imidazole rings is 1. The molecule has 0 bridgehead atoms. The third-order valence-corrected chi connectivity index (χ3v) is 8.41. The van der Waals surface area contributed by atoms with Gasteiger partial charge in [0.1, 0.15) is 24.1 Å². The summed E-state index contributed by atoms with van der Waals surface area (Å²) in [6.07, 6.45) is -0.635. The SMILES string of the molecule is Nc1nc2c(ncn2[C@@H]2O[C@H](CO)CC2OP(=O)(S)OC[C@H]2O[C@@H](n3ccc4c(=O)[nH]cnc43)C[C@@H]2O)c(=O)[nH]1. The number of fused-ring (bicyclic) bond motifs is 2. The van der Waals surface area contributed by atoms with Crippen LogP contribution in [0.25, 0.3) is 22.2 Å². The molecule has 2 saturated heterocycles. The van der Waals surface area contributed by atoms with Gasteiger partial charge in [-0.2, -0.15) is 4.98 Å². The number of nitrogens with one attached hydrogen (secondary N) is 2. The summed E-state index contributed by atoms with van der Waals surface area (Å²) in [5.74, 6) is -0.138. The zero-order valence-electron chi connectivity index (χ0n) is 20.6. The van der Waals surface area contributed by atoms with Crippen molar-refractivity contribution in [2.45, 2.75) is 49.7 Å². The van der Waals surface area contributed by atoms with Gasteiger partial charge < -0.3 is 35.0 Å². The Hall–Kier alpha value is -3.09. The maximum Gasteiger partial charge on any atom is 0.386 e. The number of thiol groups is 1. The average molecular weight is 597 g/mol. The number of anilines is 1. The standard InChI is InChI=1S/C21H25N8O9PS/c22-21-26-17-15(19(33)27-21)25-8-29(17)20-12(3-9(5-30)36-20)38-39(34,40)35-6-13-11(31)4-14(37-13)28-2-1-10-16(28)23-7-24-18(10)32/h1-2,7-9,11-14,20,30-31H,3-6H2,(H,34,40)(H,23,24,32)(H3,22,26,27,33)/t9-,11-,12?,13+,14+,20+,39?/m0/s1. The lowest BCUT2D eigenvalue weighted by Gasteiger charge is -2.24. The lowest BCUT2D eigenvalue weighted by atomic mass is 10.2. The summed E-state index contributed by atoms with van der Waals surface area (Å²) in [5, 5.41) is 20.6. The van der Waals surface area contributed by atoms with E-state index < -0.39 is 49.2 Å². The molecule has 2 unspecified atom stereocenters. The van der Waals surface area contributed by atoms with E-state index in [-0.39, 0.29) is 48.7 Å². The molecule has 0 spiro atoms. The van der Waals surface area contributed by atoms with Gasteiger partial charge in [0.15, 0.2) is 17.4 Å². The number of hydrogen-bond acceptors (Lipinski definition) is 13. The highest BCUT2D eigenvalue weighted by atomic mass is 32.7. The Morgan fingerprint density at radius 2 is 2.02 bits per heavy atom. The van der Waals surface area contributed by atoms with E-state index in [1.807, 2.05) is 0 Å². The van der Waals surface area contributed by atoms with Gasteiger partial charge in [0.2, 0.25) is 5.95 Å². The summed E-state index contributed by atoms with van der Waals surface area (Å²) in [5.41, 5.74) is 5.32. The fourth-order valence-electron chi connectivity index (χ4n) is 4.92. The van der Waals surface area contributed by atoms with Gasteiger partial charge in [-0.25, -0.2) is 14.5 Å². The zero-order chi connectivity index (χ0) is 28.2. The number of aliphatic hydroxyl groups excluding tert-OH is 2. The van der Waals surface area contributed by atoms with Crippen LogP contribution in [0.4, 0.5) is 5.95 Å². The molecule has 0 aromatic carbocycles. The van der Waals surface area contributed by atoms with E-state index >= 15 is 0 Å². The van der Waals surface area contributed by atoms with Crippen LogP contribution in [0.3, 0.4) is 0 Å². The number of H-pyrrole nitrogens is 2. The number of aromatic amines is 2. The highest BCUT2D eigenvalue weighted by Gasteiger charge is 2.43. The van der Waals surface area contributed by atoms with Crippen LogP contribution in [0.1, 0.15) is 25.3 Å². The molecule has 40 heavy (non-hydrogen) atoms. The fraction of sp³-hybridized carbons (Fsp3) is 0.476. The quantitative estimate of drug-likeness (QED) is 0.114. The van der Waals surface area contributed by atoms with Crippen molar-refractivity contribution in [1.29, 1.82) is 0 Å². The van der Waals surface area contributed by atoms with E-state index in [0.717, 1.165) is 0 Å². The minimum Gasteiger partial charge on any atom is -0.394 e. The Morgan fingerprint density at radius 1 is 1.20 bits per heavy atom. The minimum absolute atomic E-state index is 0.00602. The summed E-state index contributed by atoms with van der Waals surface area (Å²) >= 11 is 4.10. The zero-order valence-corrected chi connectivity index (χ0v) is 22.4. The molecule has 6 rings (SSSR count). The van der Waals surface area contributed by atoms with Gasteiger partial charge in [-0.05, 0) is 6.07 Å². The van der Waals surface area contributed by atoms with E-state index in [9.17, 15) is 24.4 Å². The molecule has 6 heterocycles. The lowest BCUT2D eigenvalue weighted by molar-refractivity contribution is -0.0519. The fourth-order valence-corrected chi connectivity index (χ4v) is 6.41. The molecular weight excluding hydrogens is 571 g/mol. The molecule has 0 radical (unpaired) electrons. The Morgan fingerprint density at radius 3 is 2.83 bits per heavy atom. The molecule has 0 saturated carbocycles. The summed E-state index contributed by atoms with van der Waals surface area (Å²) in [6.45, 7) is -4.75. The normalized spacial score (nSPS) is 28.5. The predicted molar refractivity (Wildman–Crippen MR) is 140 cm³/mol. The van der Waals surface area contributed by atoms with E-state index in [1.54, 1.807) is 16.8 Å². The molecular formula is C21H25N8O9PS. The Bertz CT molecular complexity index is 1720. The number of nitrogens with zero attached hydrogens (tertiary/aromatic N) is 5. The number of nitrogen functional groups attached to an aromatic ring is 1. The average Bonchev–Trinajstić information content (AvgIpc) is 3.68. The van der Waals surface area contributed by atoms with Gasteiger partial charge in [-0.1, -0.05) is 12.2 Å². The van der Waals surface area contributed by atoms with Crippen molar-refractivity contribution >= 4 is 47.2 Å². The first-order valence-corrected chi connectivity index (χ1v) is 14.8. The summed E-state index contributed by atoms with van der Waals surface area (Å²) < 4.78 is 39.2. The van der Waals surface area contributed by atoms with Crippen LogP contribution in [0.15, 0.2) is 34.5 Å². The highest BCUT2D eigenvalue weighted by molar-refractivity contribution is 8.44. The molecule has 2 aliphatic heterocycles. The highest BCUT2D eigenvalue weighted by Crippen LogP contribution is 2.57. The monoisotopic (exact) mass is 596 g/mol. The third kappa shape index (κ3) is 4.97. The van der Waals surface area contributed by atoms with E-state index in [2.05, 4.69) is 37.2 Å². The van der Waals surface area contributed by atoms with Crippen molar-refractivity contribution in [2.75, 3.05) is 18.9 Å². The molecule has 2 fully saturated rings. The van der Waals surface area contributed by atoms with Crippen LogP contribution in [-0.4, -0.2) is 81.9 Å². The number of nitrogens with two attached hydrogens (primary N) is 1. The van der Waals surface area contributed by atoms with Crippen molar-refractivity contribution in [1.82, 2.24) is 34.1 Å². The molecule has 4 aromatic rings. The molecule has 0 amide bonds. The second kappa shape index (κ2) is 10.4. The van der Waals surface area contributed by atoms with Crippen molar-refractivity contribution in [3.8, 4) is 0 Å². The Kier molecular flexibility index (Phi) is 7.04. The Balaban J connectivity index is 1.15. The molecule has 4 aromatic heterocycles. The van der Waals surface area contributed by atoms with E-state index in [1.165, 1.54) is 17.2 Å². The Labute approximate surface area is 228 Å². The van der Waals surface area contributed by atoms with Gasteiger partial charge in [0.25, 0.3) is 11.1 Å². The molecule has 214 valence electrons. The second-order valence-electron chi connectivity index (χ2n) is 9.37. The minimum atomic E-state index is -4.07. The van der Waals surface area contributed by atoms with Crippen LogP contribution in [0.2, 0.25) is 0 Å². The first-order valence-electron chi connectivity index (χ1n) is 12.2. The predicted octanol–water partition coefficient (Wildman–Crippen LogP) is -0.192. The number of hydrogen-bond donors (Lipinski definition) is 6. The summed E-state index contributed by atoms with van der Waals surface area (Å²) in [6, 6.07) is 1.60. The van der Waals surface area contributed by atoms with Crippen molar-refractivity contribution in [3.63, 3.8) is 0 Å². The van der Waals surface area contributed by atoms with Crippen LogP contribution >= 0.6 is 19.0 Å². The van der Waals surface area contributed by atoms with Crippen molar-refractivity contribution in [2.24, 2.45) is 0 Å². The first-order chi connectivity index (χ1) is 19.1. The van der Waals surface area contributed by atoms with Gasteiger partial charge in [0, 0.05) is 19.0 Å². The van der Waals surface area contributed by atoms with Gasteiger partial charge >= 0.3 is 6.80 Å². The lowest BCUT2D eigenvalue weighted by Crippen LogP contribution is -2.27. The number of rotatable bonds is 8. The van der Waals surface area contributed by atoms with Crippen molar-refractivity contribution in [3.05, 3.63) is 45.6 Å². The third-order valence-electron chi connectivity index (χ3n) is 6.77.